The molecule has 0 spiro atoms. The fraction of sp³-hybridized carbons (Fsp3) is 0.385. The molecular weight excluding hydrogens is 294 g/mol. The lowest BCUT2D eigenvalue weighted by Crippen LogP contribution is -2.38. The zero-order valence-electron chi connectivity index (χ0n) is 11.2. The minimum atomic E-state index is -3.47. The highest BCUT2D eigenvalue weighted by Crippen LogP contribution is 2.36. The van der Waals surface area contributed by atoms with Crippen molar-refractivity contribution in [3.8, 4) is 0 Å². The van der Waals surface area contributed by atoms with Crippen LogP contribution in [0.4, 0.5) is 0 Å². The summed E-state index contributed by atoms with van der Waals surface area (Å²) in [5, 5.41) is 2.03. The average molecular weight is 311 g/mol. The summed E-state index contributed by atoms with van der Waals surface area (Å²) in [5.41, 5.74) is 7.37. The Morgan fingerprint density at radius 3 is 3.05 bits per heavy atom. The second-order valence-electron chi connectivity index (χ2n) is 4.91. The Balaban J connectivity index is 1.96. The van der Waals surface area contributed by atoms with Gasteiger partial charge in [-0.25, -0.2) is 8.42 Å². The number of fused-ring (bicyclic) bond motifs is 1. The molecule has 3 N–H and O–H groups in total. The minimum absolute atomic E-state index is 0.119. The van der Waals surface area contributed by atoms with E-state index in [1.807, 2.05) is 18.4 Å². The maximum atomic E-state index is 12.7. The summed E-state index contributed by atoms with van der Waals surface area (Å²) >= 11 is 1.70. The molecule has 1 unspecified atom stereocenters. The highest BCUT2D eigenvalue weighted by molar-refractivity contribution is 7.89. The topological polar surface area (TPSA) is 79.2 Å². The first-order chi connectivity index (χ1) is 9.54. The molecule has 1 atom stereocenters. The maximum Gasteiger partial charge on any atom is 0.245 e. The van der Waals surface area contributed by atoms with Gasteiger partial charge in [0.2, 0.25) is 10.0 Å². The van der Waals surface area contributed by atoms with E-state index in [4.69, 9.17) is 5.73 Å². The number of thiophene rings is 1. The van der Waals surface area contributed by atoms with Crippen molar-refractivity contribution < 1.29 is 8.42 Å². The molecule has 0 saturated heterocycles. The lowest BCUT2D eigenvalue weighted by molar-refractivity contribution is 0.329. The Bertz CT molecular complexity index is 718. The van der Waals surface area contributed by atoms with E-state index < -0.39 is 10.0 Å². The predicted molar refractivity (Wildman–Crippen MR) is 79.0 cm³/mol. The fourth-order valence-electron chi connectivity index (χ4n) is 2.64. The molecule has 2 aromatic rings. The highest BCUT2D eigenvalue weighted by atomic mass is 32.2. The summed E-state index contributed by atoms with van der Waals surface area (Å²) in [5.74, 6) is 0. The first-order valence-electron chi connectivity index (χ1n) is 6.49. The van der Waals surface area contributed by atoms with Crippen LogP contribution in [0.1, 0.15) is 29.1 Å². The van der Waals surface area contributed by atoms with Crippen LogP contribution in [0, 0.1) is 0 Å². The van der Waals surface area contributed by atoms with Crippen molar-refractivity contribution in [1.29, 1.82) is 0 Å². The zero-order valence-corrected chi connectivity index (χ0v) is 12.8. The highest BCUT2D eigenvalue weighted by Gasteiger charge is 2.34. The van der Waals surface area contributed by atoms with Crippen molar-refractivity contribution >= 4 is 21.4 Å². The summed E-state index contributed by atoms with van der Waals surface area (Å²) in [7, 11) is -3.47. The van der Waals surface area contributed by atoms with Gasteiger partial charge in [0.05, 0.1) is 4.90 Å². The Labute approximate surface area is 122 Å². The van der Waals surface area contributed by atoms with Crippen molar-refractivity contribution in [3.63, 3.8) is 0 Å². The number of nitrogens with one attached hydrogen (secondary N) is 1. The molecule has 1 aliphatic heterocycles. The number of rotatable bonds is 3. The summed E-state index contributed by atoms with van der Waals surface area (Å²) < 4.78 is 27.0. The number of hydrogen-bond acceptors (Lipinski definition) is 4. The second kappa shape index (κ2) is 5.00. The SMILES string of the molecule is CC1c2ccsc2CCN1S(=O)(=O)c1c[nH]c(CN)c1. The summed E-state index contributed by atoms with van der Waals surface area (Å²) in [4.78, 5) is 4.49. The van der Waals surface area contributed by atoms with Gasteiger partial charge in [-0.05, 0) is 36.4 Å². The third kappa shape index (κ3) is 2.10. The second-order valence-corrected chi connectivity index (χ2v) is 7.80. The first kappa shape index (κ1) is 13.8. The van der Waals surface area contributed by atoms with Crippen molar-refractivity contribution in [3.05, 3.63) is 39.8 Å². The molecule has 0 bridgehead atoms. The largest absolute Gasteiger partial charge is 0.363 e. The van der Waals surface area contributed by atoms with E-state index in [2.05, 4.69) is 4.98 Å². The van der Waals surface area contributed by atoms with Crippen LogP contribution in [-0.2, 0) is 23.0 Å². The lowest BCUT2D eigenvalue weighted by atomic mass is 10.0. The zero-order chi connectivity index (χ0) is 14.3. The Morgan fingerprint density at radius 2 is 2.35 bits per heavy atom. The van der Waals surface area contributed by atoms with E-state index in [9.17, 15) is 8.42 Å². The van der Waals surface area contributed by atoms with Crippen LogP contribution >= 0.6 is 11.3 Å². The minimum Gasteiger partial charge on any atom is -0.363 e. The van der Waals surface area contributed by atoms with Crippen LogP contribution in [0.5, 0.6) is 0 Å². The Hall–Kier alpha value is -1.15. The number of sulfonamides is 1. The average Bonchev–Trinajstić information content (AvgIpc) is 3.08. The number of aromatic amines is 1. The molecule has 7 heteroatoms. The van der Waals surface area contributed by atoms with Crippen LogP contribution in [0.15, 0.2) is 28.6 Å². The smallest absolute Gasteiger partial charge is 0.245 e. The van der Waals surface area contributed by atoms with Gasteiger partial charge >= 0.3 is 0 Å². The molecule has 0 amide bonds. The van der Waals surface area contributed by atoms with Crippen molar-refractivity contribution in [1.82, 2.24) is 9.29 Å². The number of aromatic nitrogens is 1. The molecule has 20 heavy (non-hydrogen) atoms. The van der Waals surface area contributed by atoms with Gasteiger partial charge in [0.1, 0.15) is 0 Å². The monoisotopic (exact) mass is 311 g/mol. The van der Waals surface area contributed by atoms with Gasteiger partial charge in [0.15, 0.2) is 0 Å². The molecule has 1 aliphatic rings. The van der Waals surface area contributed by atoms with Gasteiger partial charge in [-0.15, -0.1) is 11.3 Å². The molecule has 0 fully saturated rings. The van der Waals surface area contributed by atoms with Crippen LogP contribution < -0.4 is 5.73 Å². The number of H-pyrrole nitrogens is 1. The van der Waals surface area contributed by atoms with Crippen LogP contribution in [0.25, 0.3) is 0 Å². The Morgan fingerprint density at radius 1 is 1.55 bits per heavy atom. The molecule has 0 saturated carbocycles. The van der Waals surface area contributed by atoms with Crippen LogP contribution in [-0.4, -0.2) is 24.3 Å². The molecular formula is C13H17N3O2S2. The quantitative estimate of drug-likeness (QED) is 0.908. The summed E-state index contributed by atoms with van der Waals surface area (Å²) in [6.45, 7) is 2.78. The number of nitrogens with zero attached hydrogens (tertiary/aromatic N) is 1. The van der Waals surface area contributed by atoms with Crippen LogP contribution in [0.2, 0.25) is 0 Å². The fourth-order valence-corrected chi connectivity index (χ4v) is 5.23. The molecule has 0 aromatic carbocycles. The molecule has 5 nitrogen and oxygen atoms in total. The van der Waals surface area contributed by atoms with E-state index in [0.717, 1.165) is 17.7 Å². The summed E-state index contributed by atoms with van der Waals surface area (Å²) in [6, 6.07) is 3.52. The molecule has 3 heterocycles. The maximum absolute atomic E-state index is 12.7. The van der Waals surface area contributed by atoms with Crippen molar-refractivity contribution in [2.24, 2.45) is 5.73 Å². The Kier molecular flexibility index (Phi) is 3.45. The molecule has 108 valence electrons. The van der Waals surface area contributed by atoms with Gasteiger partial charge in [-0.3, -0.25) is 0 Å². The third-order valence-electron chi connectivity index (χ3n) is 3.76. The summed E-state index contributed by atoms with van der Waals surface area (Å²) in [6.07, 6.45) is 2.30. The van der Waals surface area contributed by atoms with Gasteiger partial charge in [-0.1, -0.05) is 0 Å². The normalized spacial score (nSPS) is 20.0. The molecule has 0 radical (unpaired) electrons. The third-order valence-corrected chi connectivity index (χ3v) is 6.71. The van der Waals surface area contributed by atoms with E-state index in [-0.39, 0.29) is 6.04 Å². The van der Waals surface area contributed by atoms with Gasteiger partial charge in [-0.2, -0.15) is 4.31 Å². The van der Waals surface area contributed by atoms with Gasteiger partial charge < -0.3 is 10.7 Å². The van der Waals surface area contributed by atoms with E-state index in [1.54, 1.807) is 21.7 Å². The van der Waals surface area contributed by atoms with E-state index in [0.29, 0.717) is 18.0 Å². The molecule has 2 aromatic heterocycles. The van der Waals surface area contributed by atoms with Crippen LogP contribution in [0.3, 0.4) is 0 Å². The van der Waals surface area contributed by atoms with Gasteiger partial charge in [0, 0.05) is 35.9 Å². The van der Waals surface area contributed by atoms with E-state index >= 15 is 0 Å². The standard InChI is InChI=1S/C13H17N3O2S2/c1-9-12-3-5-19-13(12)2-4-16(9)20(17,18)11-6-10(7-14)15-8-11/h3,5-6,8-9,15H,2,4,7,14H2,1H3. The van der Waals surface area contributed by atoms with Crippen molar-refractivity contribution in [2.45, 2.75) is 30.8 Å². The number of nitrogens with two attached hydrogens (primary N) is 1. The lowest BCUT2D eigenvalue weighted by Gasteiger charge is -2.32. The molecule has 0 aliphatic carbocycles. The predicted octanol–water partition coefficient (Wildman–Crippen LogP) is 1.84. The first-order valence-corrected chi connectivity index (χ1v) is 8.81. The van der Waals surface area contributed by atoms with Gasteiger partial charge in [0.25, 0.3) is 0 Å². The van der Waals surface area contributed by atoms with E-state index in [1.165, 1.54) is 11.1 Å². The van der Waals surface area contributed by atoms with Crippen molar-refractivity contribution in [2.75, 3.05) is 6.54 Å². The molecule has 3 rings (SSSR count). The number of hydrogen-bond donors (Lipinski definition) is 2.